The fourth-order valence-corrected chi connectivity index (χ4v) is 3.17. The molecule has 0 aromatic heterocycles. The predicted molar refractivity (Wildman–Crippen MR) is 97.9 cm³/mol. The first-order chi connectivity index (χ1) is 12.1. The van der Waals surface area contributed by atoms with Gasteiger partial charge in [-0.2, -0.15) is 0 Å². The fraction of sp³-hybridized carbons (Fsp3) is 0.300. The van der Waals surface area contributed by atoms with Crippen LogP contribution in [0, 0.1) is 5.92 Å². The van der Waals surface area contributed by atoms with Crippen molar-refractivity contribution in [2.24, 2.45) is 5.92 Å². The highest BCUT2D eigenvalue weighted by molar-refractivity contribution is 6.04. The molecule has 1 N–H and O–H groups in total. The molecule has 5 heteroatoms. The Bertz CT molecular complexity index is 788. The average Bonchev–Trinajstić information content (AvgIpc) is 3.03. The summed E-state index contributed by atoms with van der Waals surface area (Å²) in [6.07, 6.45) is 1.07. The molecule has 2 aromatic rings. The number of anilines is 2. The van der Waals surface area contributed by atoms with Gasteiger partial charge in [-0.05, 0) is 30.2 Å². The molecule has 2 aromatic carbocycles. The Morgan fingerprint density at radius 2 is 1.92 bits per heavy atom. The van der Waals surface area contributed by atoms with Crippen molar-refractivity contribution in [1.82, 2.24) is 0 Å². The van der Waals surface area contributed by atoms with E-state index in [1.807, 2.05) is 36.4 Å². The van der Waals surface area contributed by atoms with Gasteiger partial charge < -0.3 is 15.0 Å². The Kier molecular flexibility index (Phi) is 5.03. The first-order valence-electron chi connectivity index (χ1n) is 8.46. The second-order valence-corrected chi connectivity index (χ2v) is 6.08. The molecule has 0 aliphatic carbocycles. The maximum atomic E-state index is 12.6. The van der Waals surface area contributed by atoms with Crippen LogP contribution in [0.15, 0.2) is 48.5 Å². The second-order valence-electron chi connectivity index (χ2n) is 6.08. The number of hydrogen-bond donors (Lipinski definition) is 1. The molecule has 1 heterocycles. The highest BCUT2D eigenvalue weighted by atomic mass is 16.5. The molecule has 130 valence electrons. The number of benzene rings is 2. The average molecular weight is 338 g/mol. The number of amides is 2. The number of para-hydroxylation sites is 3. The molecular weight excluding hydrogens is 316 g/mol. The normalized spacial score (nSPS) is 16.8. The summed E-state index contributed by atoms with van der Waals surface area (Å²) in [5.41, 5.74) is 2.64. The van der Waals surface area contributed by atoms with E-state index in [-0.39, 0.29) is 24.2 Å². The minimum atomic E-state index is -0.373. The number of carbonyl (C=O) groups excluding carboxylic acids is 2. The van der Waals surface area contributed by atoms with Crippen LogP contribution in [0.4, 0.5) is 11.4 Å². The Hall–Kier alpha value is -2.82. The fourth-order valence-electron chi connectivity index (χ4n) is 3.17. The van der Waals surface area contributed by atoms with Crippen molar-refractivity contribution in [2.75, 3.05) is 23.9 Å². The lowest BCUT2D eigenvalue weighted by atomic mass is 10.1. The van der Waals surface area contributed by atoms with E-state index in [4.69, 9.17) is 4.74 Å². The van der Waals surface area contributed by atoms with Crippen LogP contribution in [0.25, 0.3) is 0 Å². The van der Waals surface area contributed by atoms with E-state index in [9.17, 15) is 9.59 Å². The van der Waals surface area contributed by atoms with Gasteiger partial charge in [-0.15, -0.1) is 0 Å². The summed E-state index contributed by atoms with van der Waals surface area (Å²) in [6, 6.07) is 15.1. The standard InChI is InChI=1S/C20H22N2O3/c1-3-14-8-4-6-10-17(14)22-13-15(12-19(22)23)20(24)21-16-9-5-7-11-18(16)25-2/h4-11,15H,3,12-13H2,1-2H3,(H,21,24)/t15-/m0/s1. The number of ether oxygens (including phenoxy) is 1. The van der Waals surface area contributed by atoms with Crippen LogP contribution in [0.3, 0.4) is 0 Å². The number of carbonyl (C=O) groups is 2. The number of rotatable bonds is 5. The van der Waals surface area contributed by atoms with Crippen LogP contribution in [0.1, 0.15) is 18.9 Å². The minimum Gasteiger partial charge on any atom is -0.495 e. The van der Waals surface area contributed by atoms with Crippen molar-refractivity contribution < 1.29 is 14.3 Å². The maximum absolute atomic E-state index is 12.6. The number of aryl methyl sites for hydroxylation is 1. The summed E-state index contributed by atoms with van der Waals surface area (Å²) >= 11 is 0. The van der Waals surface area contributed by atoms with Crippen LogP contribution in [0.5, 0.6) is 5.75 Å². The van der Waals surface area contributed by atoms with Gasteiger partial charge in [-0.3, -0.25) is 9.59 Å². The van der Waals surface area contributed by atoms with Crippen LogP contribution in [-0.4, -0.2) is 25.5 Å². The molecule has 2 amide bonds. The van der Waals surface area contributed by atoms with E-state index in [2.05, 4.69) is 12.2 Å². The number of hydrogen-bond acceptors (Lipinski definition) is 3. The maximum Gasteiger partial charge on any atom is 0.229 e. The zero-order chi connectivity index (χ0) is 17.8. The smallest absolute Gasteiger partial charge is 0.229 e. The zero-order valence-corrected chi connectivity index (χ0v) is 14.5. The molecule has 5 nitrogen and oxygen atoms in total. The van der Waals surface area contributed by atoms with Crippen LogP contribution in [0.2, 0.25) is 0 Å². The van der Waals surface area contributed by atoms with Crippen molar-refractivity contribution >= 4 is 23.2 Å². The van der Waals surface area contributed by atoms with E-state index >= 15 is 0 Å². The van der Waals surface area contributed by atoms with Crippen molar-refractivity contribution in [1.29, 1.82) is 0 Å². The summed E-state index contributed by atoms with van der Waals surface area (Å²) in [4.78, 5) is 26.8. The van der Waals surface area contributed by atoms with E-state index in [1.54, 1.807) is 24.1 Å². The predicted octanol–water partition coefficient (Wildman–Crippen LogP) is 3.25. The van der Waals surface area contributed by atoms with Crippen LogP contribution < -0.4 is 15.0 Å². The van der Waals surface area contributed by atoms with E-state index in [0.29, 0.717) is 18.0 Å². The Labute approximate surface area is 147 Å². The molecule has 1 saturated heterocycles. The highest BCUT2D eigenvalue weighted by Gasteiger charge is 2.36. The van der Waals surface area contributed by atoms with Gasteiger partial charge in [0.2, 0.25) is 11.8 Å². The molecule has 3 rings (SSSR count). The molecular formula is C20H22N2O3. The summed E-state index contributed by atoms with van der Waals surface area (Å²) in [6.45, 7) is 2.46. The molecule has 1 aliphatic rings. The van der Waals surface area contributed by atoms with Crippen molar-refractivity contribution in [3.8, 4) is 5.75 Å². The lowest BCUT2D eigenvalue weighted by Crippen LogP contribution is -2.28. The molecule has 1 aliphatic heterocycles. The van der Waals surface area contributed by atoms with Crippen LogP contribution >= 0.6 is 0 Å². The molecule has 25 heavy (non-hydrogen) atoms. The first kappa shape index (κ1) is 17.0. The van der Waals surface area contributed by atoms with E-state index in [0.717, 1.165) is 17.7 Å². The Morgan fingerprint density at radius 3 is 2.68 bits per heavy atom. The summed E-state index contributed by atoms with van der Waals surface area (Å²) in [5, 5.41) is 2.88. The third-order valence-electron chi connectivity index (χ3n) is 4.52. The molecule has 0 unspecified atom stereocenters. The topological polar surface area (TPSA) is 58.6 Å². The first-order valence-corrected chi connectivity index (χ1v) is 8.46. The van der Waals surface area contributed by atoms with Crippen molar-refractivity contribution in [3.05, 3.63) is 54.1 Å². The molecule has 0 bridgehead atoms. The van der Waals surface area contributed by atoms with Gasteiger partial charge in [0.15, 0.2) is 0 Å². The molecule has 0 spiro atoms. The van der Waals surface area contributed by atoms with E-state index in [1.165, 1.54) is 0 Å². The zero-order valence-electron chi connectivity index (χ0n) is 14.5. The second kappa shape index (κ2) is 7.38. The third kappa shape index (κ3) is 3.50. The SMILES string of the molecule is CCc1ccccc1N1C[C@@H](C(=O)Nc2ccccc2OC)CC1=O. The minimum absolute atomic E-state index is 0.0129. The van der Waals surface area contributed by atoms with Gasteiger partial charge >= 0.3 is 0 Å². The summed E-state index contributed by atoms with van der Waals surface area (Å²) in [5.74, 6) is 0.0612. The number of nitrogens with one attached hydrogen (secondary N) is 1. The van der Waals surface area contributed by atoms with Crippen molar-refractivity contribution in [2.45, 2.75) is 19.8 Å². The van der Waals surface area contributed by atoms with E-state index < -0.39 is 0 Å². The summed E-state index contributed by atoms with van der Waals surface area (Å²) < 4.78 is 5.26. The third-order valence-corrected chi connectivity index (χ3v) is 4.52. The van der Waals surface area contributed by atoms with Crippen LogP contribution in [-0.2, 0) is 16.0 Å². The van der Waals surface area contributed by atoms with Gasteiger partial charge in [-0.25, -0.2) is 0 Å². The molecule has 0 radical (unpaired) electrons. The van der Waals surface area contributed by atoms with Gasteiger partial charge in [0, 0.05) is 18.7 Å². The lowest BCUT2D eigenvalue weighted by Gasteiger charge is -2.20. The van der Waals surface area contributed by atoms with Gasteiger partial charge in [-0.1, -0.05) is 37.3 Å². The largest absolute Gasteiger partial charge is 0.495 e. The number of methoxy groups -OCH3 is 1. The lowest BCUT2D eigenvalue weighted by molar-refractivity contribution is -0.122. The molecule has 1 fully saturated rings. The van der Waals surface area contributed by atoms with Crippen molar-refractivity contribution in [3.63, 3.8) is 0 Å². The molecule has 0 saturated carbocycles. The van der Waals surface area contributed by atoms with Gasteiger partial charge in [0.25, 0.3) is 0 Å². The highest BCUT2D eigenvalue weighted by Crippen LogP contribution is 2.30. The summed E-state index contributed by atoms with van der Waals surface area (Å²) in [7, 11) is 1.56. The number of nitrogens with zero attached hydrogens (tertiary/aromatic N) is 1. The quantitative estimate of drug-likeness (QED) is 0.910. The molecule has 1 atom stereocenters. The van der Waals surface area contributed by atoms with Gasteiger partial charge in [0.05, 0.1) is 18.7 Å². The Morgan fingerprint density at radius 1 is 1.20 bits per heavy atom. The van der Waals surface area contributed by atoms with Gasteiger partial charge in [0.1, 0.15) is 5.75 Å². The Balaban J connectivity index is 1.75. The monoisotopic (exact) mass is 338 g/mol.